The Kier molecular flexibility index (Phi) is 7.74. The maximum atomic E-state index is 6.27. The summed E-state index contributed by atoms with van der Waals surface area (Å²) in [5.41, 5.74) is 1.13. The van der Waals surface area contributed by atoms with Crippen LogP contribution in [0.2, 0.25) is 10.0 Å². The van der Waals surface area contributed by atoms with Gasteiger partial charge in [-0.3, -0.25) is 0 Å². The van der Waals surface area contributed by atoms with Crippen LogP contribution in [0.3, 0.4) is 0 Å². The Bertz CT molecular complexity index is 415. The maximum Gasteiger partial charge on any atom is 0.0439 e. The molecule has 0 fully saturated rings. The van der Waals surface area contributed by atoms with Gasteiger partial charge in [-0.2, -0.15) is 11.8 Å². The van der Waals surface area contributed by atoms with Crippen LogP contribution in [0.1, 0.15) is 39.7 Å². The summed E-state index contributed by atoms with van der Waals surface area (Å²) >= 11 is 14.3. The van der Waals surface area contributed by atoms with Gasteiger partial charge in [-0.25, -0.2) is 0 Å². The predicted octanol–water partition coefficient (Wildman–Crippen LogP) is 5.44. The van der Waals surface area contributed by atoms with Gasteiger partial charge in [-0.1, -0.05) is 50.9 Å². The first-order valence-electron chi connectivity index (χ1n) is 7.13. The maximum absolute atomic E-state index is 6.27. The largest absolute Gasteiger partial charge is 0.313 e. The van der Waals surface area contributed by atoms with Gasteiger partial charge in [0.1, 0.15) is 0 Å². The number of benzene rings is 1. The average molecular weight is 334 g/mol. The molecule has 1 N–H and O–H groups in total. The number of rotatable bonds is 7. The molecule has 0 saturated heterocycles. The zero-order chi connectivity index (χ0) is 15.2. The molecule has 1 aromatic rings. The summed E-state index contributed by atoms with van der Waals surface area (Å²) in [5.74, 6) is 1.08. The summed E-state index contributed by atoms with van der Waals surface area (Å²) in [4.78, 5) is 0. The van der Waals surface area contributed by atoms with Crippen molar-refractivity contribution in [2.45, 2.75) is 51.3 Å². The third kappa shape index (κ3) is 7.21. The van der Waals surface area contributed by atoms with E-state index >= 15 is 0 Å². The molecule has 1 nitrogen and oxygen atoms in total. The van der Waals surface area contributed by atoms with Gasteiger partial charge in [-0.15, -0.1) is 0 Å². The highest BCUT2D eigenvalue weighted by molar-refractivity contribution is 8.00. The fourth-order valence-corrected chi connectivity index (χ4v) is 3.18. The van der Waals surface area contributed by atoms with E-state index in [0.29, 0.717) is 6.04 Å². The molecule has 0 amide bonds. The summed E-state index contributed by atoms with van der Waals surface area (Å²) in [6.45, 7) is 9.98. The summed E-state index contributed by atoms with van der Waals surface area (Å²) in [6.07, 6.45) is 2.06. The van der Waals surface area contributed by atoms with Gasteiger partial charge in [0.15, 0.2) is 0 Å². The van der Waals surface area contributed by atoms with Gasteiger partial charge in [0, 0.05) is 26.6 Å². The number of hydrogen-bond donors (Lipinski definition) is 1. The Labute approximate surface area is 137 Å². The second-order valence-electron chi connectivity index (χ2n) is 6.01. The van der Waals surface area contributed by atoms with Crippen LogP contribution >= 0.6 is 35.0 Å². The quantitative estimate of drug-likeness (QED) is 0.713. The lowest BCUT2D eigenvalue weighted by Crippen LogP contribution is -2.35. The first-order chi connectivity index (χ1) is 9.31. The Balaban J connectivity index is 2.70. The topological polar surface area (TPSA) is 12.0 Å². The summed E-state index contributed by atoms with van der Waals surface area (Å²) in [5, 5.41) is 5.17. The van der Waals surface area contributed by atoms with Crippen molar-refractivity contribution in [3.8, 4) is 0 Å². The van der Waals surface area contributed by atoms with E-state index in [2.05, 4.69) is 33.0 Å². The predicted molar refractivity (Wildman–Crippen MR) is 94.5 cm³/mol. The highest BCUT2D eigenvalue weighted by Gasteiger charge is 2.17. The van der Waals surface area contributed by atoms with Crippen LogP contribution < -0.4 is 5.32 Å². The van der Waals surface area contributed by atoms with E-state index < -0.39 is 0 Å². The average Bonchev–Trinajstić information content (AvgIpc) is 2.36. The van der Waals surface area contributed by atoms with Crippen molar-refractivity contribution in [1.29, 1.82) is 0 Å². The molecule has 0 bridgehead atoms. The molecular weight excluding hydrogens is 309 g/mol. The molecule has 1 unspecified atom stereocenters. The van der Waals surface area contributed by atoms with E-state index in [9.17, 15) is 0 Å². The van der Waals surface area contributed by atoms with Crippen molar-refractivity contribution in [1.82, 2.24) is 5.32 Å². The second-order valence-corrected chi connectivity index (χ2v) is 8.70. The second kappa shape index (κ2) is 8.53. The number of nitrogens with one attached hydrogen (secondary N) is 1. The van der Waals surface area contributed by atoms with Crippen molar-refractivity contribution in [3.05, 3.63) is 33.8 Å². The molecule has 0 aliphatic rings. The van der Waals surface area contributed by atoms with Gasteiger partial charge in [0.2, 0.25) is 0 Å². The molecule has 0 spiro atoms. The first kappa shape index (κ1) is 18.2. The minimum absolute atomic E-state index is 0.282. The molecular formula is C16H25Cl2NS. The van der Waals surface area contributed by atoms with Crippen LogP contribution in [0, 0.1) is 0 Å². The highest BCUT2D eigenvalue weighted by atomic mass is 35.5. The van der Waals surface area contributed by atoms with Gasteiger partial charge in [0.05, 0.1) is 0 Å². The number of thioether (sulfide) groups is 1. The molecule has 0 aliphatic heterocycles. The van der Waals surface area contributed by atoms with Crippen LogP contribution in [0.4, 0.5) is 0 Å². The summed E-state index contributed by atoms with van der Waals surface area (Å²) in [6, 6.07) is 6.13. The van der Waals surface area contributed by atoms with Crippen molar-refractivity contribution < 1.29 is 0 Å². The van der Waals surface area contributed by atoms with Gasteiger partial charge in [0.25, 0.3) is 0 Å². The Hall–Kier alpha value is 0.110. The summed E-state index contributed by atoms with van der Waals surface area (Å²) in [7, 11) is 0. The van der Waals surface area contributed by atoms with E-state index in [-0.39, 0.29) is 4.75 Å². The molecule has 1 atom stereocenters. The minimum atomic E-state index is 0.282. The Morgan fingerprint density at radius 1 is 1.25 bits per heavy atom. The third-order valence-corrected chi connectivity index (χ3v) is 4.91. The van der Waals surface area contributed by atoms with Gasteiger partial charge < -0.3 is 5.32 Å². The zero-order valence-electron chi connectivity index (χ0n) is 12.8. The number of halogens is 2. The molecule has 0 aromatic heterocycles. The lowest BCUT2D eigenvalue weighted by atomic mass is 10.1. The van der Waals surface area contributed by atoms with Crippen LogP contribution in [0.15, 0.2) is 18.2 Å². The first-order valence-corrected chi connectivity index (χ1v) is 8.87. The normalized spacial score (nSPS) is 13.5. The SMILES string of the molecule is CCCNC(CSC(C)(C)C)Cc1cc(Cl)ccc1Cl. The smallest absolute Gasteiger partial charge is 0.0439 e. The van der Waals surface area contributed by atoms with E-state index in [0.717, 1.165) is 40.7 Å². The fraction of sp³-hybridized carbons (Fsp3) is 0.625. The van der Waals surface area contributed by atoms with Crippen molar-refractivity contribution >= 4 is 35.0 Å². The van der Waals surface area contributed by atoms with Crippen molar-refractivity contribution in [3.63, 3.8) is 0 Å². The van der Waals surface area contributed by atoms with Crippen LogP contribution in [-0.2, 0) is 6.42 Å². The molecule has 20 heavy (non-hydrogen) atoms. The highest BCUT2D eigenvalue weighted by Crippen LogP contribution is 2.26. The Morgan fingerprint density at radius 3 is 2.55 bits per heavy atom. The molecule has 1 rings (SSSR count). The van der Waals surface area contributed by atoms with Crippen LogP contribution in [0.25, 0.3) is 0 Å². The molecule has 4 heteroatoms. The monoisotopic (exact) mass is 333 g/mol. The molecule has 0 heterocycles. The standard InChI is InChI=1S/C16H25Cl2NS/c1-5-8-19-14(11-20-16(2,3)4)10-12-9-13(17)6-7-15(12)18/h6-7,9,14,19H,5,8,10-11H2,1-4H3. The molecule has 0 saturated carbocycles. The molecule has 1 aromatic carbocycles. The minimum Gasteiger partial charge on any atom is -0.313 e. The van der Waals surface area contributed by atoms with E-state index in [4.69, 9.17) is 23.2 Å². The van der Waals surface area contributed by atoms with Crippen LogP contribution in [-0.4, -0.2) is 23.1 Å². The fourth-order valence-electron chi connectivity index (χ4n) is 1.85. The van der Waals surface area contributed by atoms with E-state index in [1.54, 1.807) is 0 Å². The number of hydrogen-bond acceptors (Lipinski definition) is 2. The van der Waals surface area contributed by atoms with Gasteiger partial charge >= 0.3 is 0 Å². The van der Waals surface area contributed by atoms with Crippen molar-refractivity contribution in [2.24, 2.45) is 0 Å². The van der Waals surface area contributed by atoms with E-state index in [1.807, 2.05) is 30.0 Å². The van der Waals surface area contributed by atoms with Crippen LogP contribution in [0.5, 0.6) is 0 Å². The Morgan fingerprint density at radius 2 is 1.95 bits per heavy atom. The zero-order valence-corrected chi connectivity index (χ0v) is 15.1. The lowest BCUT2D eigenvalue weighted by Gasteiger charge is -2.24. The van der Waals surface area contributed by atoms with E-state index in [1.165, 1.54) is 0 Å². The molecule has 0 radical (unpaired) electrons. The molecule has 114 valence electrons. The summed E-state index contributed by atoms with van der Waals surface area (Å²) < 4.78 is 0.282. The van der Waals surface area contributed by atoms with Crippen molar-refractivity contribution in [2.75, 3.05) is 12.3 Å². The van der Waals surface area contributed by atoms with Gasteiger partial charge in [-0.05, 0) is 43.1 Å². The molecule has 0 aliphatic carbocycles. The lowest BCUT2D eigenvalue weighted by molar-refractivity contribution is 0.548. The third-order valence-electron chi connectivity index (χ3n) is 2.87.